The van der Waals surface area contributed by atoms with Gasteiger partial charge in [-0.25, -0.2) is 4.79 Å². The van der Waals surface area contributed by atoms with E-state index in [1.807, 2.05) is 4.90 Å². The van der Waals surface area contributed by atoms with E-state index in [9.17, 15) is 14.7 Å². The van der Waals surface area contributed by atoms with Crippen molar-refractivity contribution >= 4 is 11.9 Å². The smallest absolute Gasteiger partial charge is 0.338 e. The molecule has 0 unspecified atom stereocenters. The molecule has 1 amide bonds. The third-order valence-electron chi connectivity index (χ3n) is 4.97. The monoisotopic (exact) mass is 317 g/mol. The first-order valence-electron chi connectivity index (χ1n) is 8.41. The van der Waals surface area contributed by atoms with Gasteiger partial charge in [-0.2, -0.15) is 0 Å². The summed E-state index contributed by atoms with van der Waals surface area (Å²) in [5.74, 6) is -0.0587. The van der Waals surface area contributed by atoms with E-state index in [2.05, 4.69) is 0 Å². The minimum absolute atomic E-state index is 0.00635. The molecule has 0 bridgehead atoms. The maximum absolute atomic E-state index is 12.5. The fourth-order valence-electron chi connectivity index (χ4n) is 3.86. The van der Waals surface area contributed by atoms with Gasteiger partial charge in [-0.05, 0) is 49.8 Å². The number of hydrogen-bond donors (Lipinski definition) is 1. The van der Waals surface area contributed by atoms with E-state index in [0.29, 0.717) is 12.0 Å². The maximum atomic E-state index is 12.5. The Balaban J connectivity index is 1.57. The zero-order valence-electron chi connectivity index (χ0n) is 13.2. The molecule has 1 heterocycles. The van der Waals surface area contributed by atoms with Gasteiger partial charge in [0.15, 0.2) is 6.61 Å². The molecule has 1 saturated heterocycles. The van der Waals surface area contributed by atoms with Gasteiger partial charge in [-0.1, -0.05) is 18.9 Å². The molecule has 5 nitrogen and oxygen atoms in total. The first kappa shape index (κ1) is 15.8. The summed E-state index contributed by atoms with van der Waals surface area (Å²) in [4.78, 5) is 26.3. The van der Waals surface area contributed by atoms with Gasteiger partial charge in [0.2, 0.25) is 0 Å². The van der Waals surface area contributed by atoms with Crippen LogP contribution in [0, 0.1) is 5.92 Å². The number of hydrogen-bond acceptors (Lipinski definition) is 4. The van der Waals surface area contributed by atoms with Crippen molar-refractivity contribution in [2.75, 3.05) is 13.2 Å². The van der Waals surface area contributed by atoms with Gasteiger partial charge in [0, 0.05) is 12.6 Å². The molecule has 0 spiro atoms. The van der Waals surface area contributed by atoms with Crippen LogP contribution in [-0.2, 0) is 9.53 Å². The van der Waals surface area contributed by atoms with Crippen LogP contribution in [0.1, 0.15) is 48.9 Å². The van der Waals surface area contributed by atoms with Gasteiger partial charge in [0.25, 0.3) is 5.91 Å². The van der Waals surface area contributed by atoms with Crippen LogP contribution in [0.3, 0.4) is 0 Å². The molecule has 1 saturated carbocycles. The molecule has 3 rings (SSSR count). The van der Waals surface area contributed by atoms with Crippen LogP contribution in [0.4, 0.5) is 0 Å². The van der Waals surface area contributed by atoms with Crippen LogP contribution >= 0.6 is 0 Å². The summed E-state index contributed by atoms with van der Waals surface area (Å²) in [6.45, 7) is 0.543. The highest BCUT2D eigenvalue weighted by Crippen LogP contribution is 2.35. The molecular weight excluding hydrogens is 294 g/mol. The average Bonchev–Trinajstić information content (AvgIpc) is 2.59. The number of carbonyl (C=O) groups excluding carboxylic acids is 2. The number of benzene rings is 1. The Hall–Kier alpha value is -2.04. The lowest BCUT2D eigenvalue weighted by Crippen LogP contribution is -2.50. The summed E-state index contributed by atoms with van der Waals surface area (Å²) in [5, 5.41) is 9.39. The Kier molecular flexibility index (Phi) is 4.84. The molecule has 2 fully saturated rings. The Labute approximate surface area is 136 Å². The van der Waals surface area contributed by atoms with Crippen molar-refractivity contribution in [3.63, 3.8) is 0 Å². The number of carbonyl (C=O) groups is 2. The summed E-state index contributed by atoms with van der Waals surface area (Å²) in [5.41, 5.74) is 0.256. The third-order valence-corrected chi connectivity index (χ3v) is 4.97. The predicted octanol–water partition coefficient (Wildman–Crippen LogP) is 2.73. The number of ether oxygens (including phenoxy) is 1. The van der Waals surface area contributed by atoms with Crippen LogP contribution in [0.5, 0.6) is 5.75 Å². The minimum atomic E-state index is -0.577. The molecule has 23 heavy (non-hydrogen) atoms. The number of phenolic OH excluding ortho intramolecular Hbond substituents is 1. The van der Waals surface area contributed by atoms with E-state index in [1.54, 1.807) is 12.1 Å². The van der Waals surface area contributed by atoms with Gasteiger partial charge in [0.05, 0.1) is 5.56 Å². The molecule has 1 N–H and O–H groups in total. The predicted molar refractivity (Wildman–Crippen MR) is 85.1 cm³/mol. The molecule has 1 aromatic carbocycles. The largest absolute Gasteiger partial charge is 0.508 e. The molecule has 0 radical (unpaired) electrons. The lowest BCUT2D eigenvalue weighted by molar-refractivity contribution is -0.140. The number of esters is 1. The summed E-state index contributed by atoms with van der Waals surface area (Å²) >= 11 is 0. The Morgan fingerprint density at radius 1 is 1.17 bits per heavy atom. The van der Waals surface area contributed by atoms with Crippen LogP contribution in [-0.4, -0.2) is 41.1 Å². The molecule has 1 aromatic rings. The normalized spacial score (nSPS) is 23.9. The molecule has 1 aliphatic heterocycles. The van der Waals surface area contributed by atoms with E-state index in [4.69, 9.17) is 4.74 Å². The molecule has 5 heteroatoms. The topological polar surface area (TPSA) is 66.8 Å². The highest BCUT2D eigenvalue weighted by Gasteiger charge is 2.35. The number of fused-ring (bicyclic) bond motifs is 1. The fraction of sp³-hybridized carbons (Fsp3) is 0.556. The van der Waals surface area contributed by atoms with E-state index >= 15 is 0 Å². The number of aromatic hydroxyl groups is 1. The Bertz CT molecular complexity index is 584. The number of rotatable bonds is 3. The van der Waals surface area contributed by atoms with Crippen LogP contribution in [0.2, 0.25) is 0 Å². The average molecular weight is 317 g/mol. The first-order chi connectivity index (χ1) is 11.1. The number of amides is 1. The van der Waals surface area contributed by atoms with E-state index in [0.717, 1.165) is 19.4 Å². The molecular formula is C18H23NO4. The van der Waals surface area contributed by atoms with Gasteiger partial charge in [-0.15, -0.1) is 0 Å². The van der Waals surface area contributed by atoms with Crippen molar-refractivity contribution in [2.24, 2.45) is 5.92 Å². The van der Waals surface area contributed by atoms with Crippen molar-refractivity contribution in [2.45, 2.75) is 44.6 Å². The second-order valence-corrected chi connectivity index (χ2v) is 6.47. The van der Waals surface area contributed by atoms with Gasteiger partial charge in [-0.3, -0.25) is 4.79 Å². The van der Waals surface area contributed by atoms with Crippen molar-refractivity contribution in [1.82, 2.24) is 4.90 Å². The summed E-state index contributed by atoms with van der Waals surface area (Å²) in [7, 11) is 0. The van der Waals surface area contributed by atoms with Crippen LogP contribution in [0.25, 0.3) is 0 Å². The quantitative estimate of drug-likeness (QED) is 0.871. The number of piperidine rings is 1. The highest BCUT2D eigenvalue weighted by atomic mass is 16.5. The van der Waals surface area contributed by atoms with Crippen molar-refractivity contribution in [3.05, 3.63) is 29.8 Å². The standard InChI is InChI=1S/C18H23NO4/c20-15-8-3-6-14(11-15)18(22)23-12-17(21)19-10-4-7-13-5-1-2-9-16(13)19/h3,6,8,11,13,16,20H,1-2,4-5,7,9-10,12H2/t13-,16-/m0/s1. The van der Waals surface area contributed by atoms with Crippen molar-refractivity contribution < 1.29 is 19.4 Å². The Morgan fingerprint density at radius 2 is 1.96 bits per heavy atom. The maximum Gasteiger partial charge on any atom is 0.338 e. The highest BCUT2D eigenvalue weighted by molar-refractivity contribution is 5.91. The molecule has 0 aromatic heterocycles. The second-order valence-electron chi connectivity index (χ2n) is 6.47. The number of phenols is 1. The fourth-order valence-corrected chi connectivity index (χ4v) is 3.86. The molecule has 124 valence electrons. The number of nitrogens with zero attached hydrogens (tertiary/aromatic N) is 1. The van der Waals surface area contributed by atoms with Gasteiger partial charge in [0.1, 0.15) is 5.75 Å². The summed E-state index contributed by atoms with van der Waals surface area (Å²) in [6.07, 6.45) is 6.95. The molecule has 2 aliphatic rings. The molecule has 1 aliphatic carbocycles. The summed E-state index contributed by atoms with van der Waals surface area (Å²) in [6, 6.07) is 6.28. The SMILES string of the molecule is O=C(OCC(=O)N1CCC[C@@H]2CCCC[C@@H]21)c1cccc(O)c1. The van der Waals surface area contributed by atoms with Gasteiger partial charge < -0.3 is 14.7 Å². The zero-order valence-corrected chi connectivity index (χ0v) is 13.2. The zero-order chi connectivity index (χ0) is 16.2. The minimum Gasteiger partial charge on any atom is -0.508 e. The van der Waals surface area contributed by atoms with E-state index in [1.165, 1.54) is 37.8 Å². The van der Waals surface area contributed by atoms with E-state index in [-0.39, 0.29) is 23.8 Å². The number of likely N-dealkylation sites (tertiary alicyclic amines) is 1. The van der Waals surface area contributed by atoms with Crippen LogP contribution in [0.15, 0.2) is 24.3 Å². The van der Waals surface area contributed by atoms with E-state index < -0.39 is 5.97 Å². The van der Waals surface area contributed by atoms with Gasteiger partial charge >= 0.3 is 5.97 Å². The van der Waals surface area contributed by atoms with Crippen LogP contribution < -0.4 is 0 Å². The second kappa shape index (κ2) is 7.02. The van der Waals surface area contributed by atoms with Crippen molar-refractivity contribution in [3.8, 4) is 5.75 Å². The van der Waals surface area contributed by atoms with Crippen molar-refractivity contribution in [1.29, 1.82) is 0 Å². The molecule has 2 atom stereocenters. The first-order valence-corrected chi connectivity index (χ1v) is 8.41. The lowest BCUT2D eigenvalue weighted by atomic mass is 9.78. The third kappa shape index (κ3) is 3.66. The lowest BCUT2D eigenvalue weighted by Gasteiger charge is -2.44. The summed E-state index contributed by atoms with van der Waals surface area (Å²) < 4.78 is 5.14. The Morgan fingerprint density at radius 3 is 2.78 bits per heavy atom.